The Labute approximate surface area is 122 Å². The van der Waals surface area contributed by atoms with Crippen LogP contribution in [0.2, 0.25) is 0 Å². The Morgan fingerprint density at radius 3 is 2.05 bits per heavy atom. The summed E-state index contributed by atoms with van der Waals surface area (Å²) in [4.78, 5) is 26.9. The molecule has 0 atom stereocenters. The molecule has 0 saturated carbocycles. The fourth-order valence-electron chi connectivity index (χ4n) is 2.69. The van der Waals surface area contributed by atoms with Crippen LogP contribution in [0, 0.1) is 0 Å². The molecule has 0 radical (unpaired) electrons. The normalized spacial score (nSPS) is 15.5. The predicted octanol–water partition coefficient (Wildman–Crippen LogP) is 0.200. The molecule has 1 aliphatic heterocycles. The number of benzene rings is 1. The molecule has 6 nitrogen and oxygen atoms in total. The van der Waals surface area contributed by atoms with Crippen LogP contribution in [0.3, 0.4) is 0 Å². The number of hydrogen-bond donors (Lipinski definition) is 1. The van der Waals surface area contributed by atoms with Gasteiger partial charge in [0.2, 0.25) is 0 Å². The van der Waals surface area contributed by atoms with Crippen LogP contribution in [0.5, 0.6) is 5.75 Å². The maximum absolute atomic E-state index is 11.5. The first-order valence-electron chi connectivity index (χ1n) is 6.84. The van der Waals surface area contributed by atoms with E-state index >= 15 is 0 Å². The summed E-state index contributed by atoms with van der Waals surface area (Å²) >= 11 is 0. The van der Waals surface area contributed by atoms with E-state index < -0.39 is 10.9 Å². The van der Waals surface area contributed by atoms with E-state index in [1.54, 1.807) is 7.11 Å². The van der Waals surface area contributed by atoms with Crippen LogP contribution in [0.1, 0.15) is 0 Å². The number of nitrogen functional groups attached to an aromatic ring is 1. The SMILES string of the molecule is COc1ccc(N2CCN(c3c(N)c(=O)c3=O)CC2)cc1. The van der Waals surface area contributed by atoms with Crippen molar-refractivity contribution >= 4 is 17.1 Å². The molecule has 2 aromatic carbocycles. The first-order chi connectivity index (χ1) is 10.1. The Morgan fingerprint density at radius 2 is 1.52 bits per heavy atom. The Morgan fingerprint density at radius 1 is 0.952 bits per heavy atom. The van der Waals surface area contributed by atoms with E-state index in [4.69, 9.17) is 10.5 Å². The van der Waals surface area contributed by atoms with E-state index in [0.29, 0.717) is 18.8 Å². The number of ether oxygens (including phenoxy) is 1. The van der Waals surface area contributed by atoms with Crippen molar-refractivity contribution < 1.29 is 4.74 Å². The van der Waals surface area contributed by atoms with E-state index in [2.05, 4.69) is 4.90 Å². The number of nitrogens with two attached hydrogens (primary N) is 1. The third kappa shape index (κ3) is 2.22. The van der Waals surface area contributed by atoms with Crippen LogP contribution in [0.4, 0.5) is 17.1 Å². The van der Waals surface area contributed by atoms with Gasteiger partial charge in [0.1, 0.15) is 17.1 Å². The minimum absolute atomic E-state index is 0.109. The standard InChI is InChI=1S/C15H17N3O3/c1-21-11-4-2-10(3-5-11)17-6-8-18(9-7-17)13-12(16)14(19)15(13)20/h2-5H,6-9,16H2,1H3. The van der Waals surface area contributed by atoms with Gasteiger partial charge in [0.25, 0.3) is 10.9 Å². The fourth-order valence-corrected chi connectivity index (χ4v) is 2.69. The smallest absolute Gasteiger partial charge is 0.253 e. The highest BCUT2D eigenvalue weighted by Crippen LogP contribution is 2.23. The number of methoxy groups -OCH3 is 1. The minimum atomic E-state index is -0.553. The number of nitrogens with zero attached hydrogens (tertiary/aromatic N) is 2. The van der Waals surface area contributed by atoms with Gasteiger partial charge < -0.3 is 20.3 Å². The van der Waals surface area contributed by atoms with Gasteiger partial charge in [-0.05, 0) is 24.3 Å². The molecule has 110 valence electrons. The molecular formula is C15H17N3O3. The van der Waals surface area contributed by atoms with E-state index in [0.717, 1.165) is 24.5 Å². The van der Waals surface area contributed by atoms with Gasteiger partial charge in [-0.25, -0.2) is 0 Å². The van der Waals surface area contributed by atoms with E-state index in [1.807, 2.05) is 29.2 Å². The molecule has 3 rings (SSSR count). The molecule has 6 heteroatoms. The van der Waals surface area contributed by atoms with Gasteiger partial charge in [0, 0.05) is 31.9 Å². The summed E-state index contributed by atoms with van der Waals surface area (Å²) in [6, 6.07) is 7.88. The lowest BCUT2D eigenvalue weighted by Gasteiger charge is -2.37. The Kier molecular flexibility index (Phi) is 3.29. The molecule has 1 saturated heterocycles. The maximum atomic E-state index is 11.5. The lowest BCUT2D eigenvalue weighted by molar-refractivity contribution is 0.415. The van der Waals surface area contributed by atoms with E-state index in [9.17, 15) is 9.59 Å². The molecule has 21 heavy (non-hydrogen) atoms. The Hall–Kier alpha value is -2.50. The molecule has 0 amide bonds. The third-order valence-corrected chi connectivity index (χ3v) is 3.95. The highest BCUT2D eigenvalue weighted by Gasteiger charge is 2.26. The quantitative estimate of drug-likeness (QED) is 0.813. The van der Waals surface area contributed by atoms with Crippen molar-refractivity contribution in [3.63, 3.8) is 0 Å². The van der Waals surface area contributed by atoms with Crippen molar-refractivity contribution in [3.05, 3.63) is 44.7 Å². The van der Waals surface area contributed by atoms with E-state index in [-0.39, 0.29) is 5.69 Å². The molecule has 0 spiro atoms. The van der Waals surface area contributed by atoms with Crippen molar-refractivity contribution in [3.8, 4) is 5.75 Å². The minimum Gasteiger partial charge on any atom is -0.497 e. The van der Waals surface area contributed by atoms with Gasteiger partial charge in [0.15, 0.2) is 0 Å². The average Bonchev–Trinajstić information content (AvgIpc) is 2.55. The number of rotatable bonds is 3. The first kappa shape index (κ1) is 13.5. The summed E-state index contributed by atoms with van der Waals surface area (Å²) in [6.07, 6.45) is 0. The van der Waals surface area contributed by atoms with Crippen LogP contribution in [-0.4, -0.2) is 33.3 Å². The summed E-state index contributed by atoms with van der Waals surface area (Å²) in [5.41, 5.74) is 6.22. The van der Waals surface area contributed by atoms with Crippen molar-refractivity contribution in [2.45, 2.75) is 0 Å². The van der Waals surface area contributed by atoms with Crippen molar-refractivity contribution in [1.29, 1.82) is 0 Å². The summed E-state index contributed by atoms with van der Waals surface area (Å²) < 4.78 is 5.14. The molecule has 0 unspecified atom stereocenters. The highest BCUT2D eigenvalue weighted by molar-refractivity contribution is 5.73. The van der Waals surface area contributed by atoms with Gasteiger partial charge in [-0.2, -0.15) is 0 Å². The molecule has 1 aliphatic rings. The number of piperazine rings is 1. The van der Waals surface area contributed by atoms with Gasteiger partial charge in [0.05, 0.1) is 7.11 Å². The molecular weight excluding hydrogens is 270 g/mol. The van der Waals surface area contributed by atoms with Crippen LogP contribution >= 0.6 is 0 Å². The molecule has 0 aliphatic carbocycles. The molecule has 1 heterocycles. The first-order valence-corrected chi connectivity index (χ1v) is 6.84. The summed E-state index contributed by atoms with van der Waals surface area (Å²) in [5, 5.41) is 0. The van der Waals surface area contributed by atoms with Crippen LogP contribution in [-0.2, 0) is 0 Å². The van der Waals surface area contributed by atoms with Crippen molar-refractivity contribution in [2.24, 2.45) is 0 Å². The Bertz CT molecular complexity index is 709. The zero-order valence-corrected chi connectivity index (χ0v) is 11.8. The van der Waals surface area contributed by atoms with Gasteiger partial charge in [-0.3, -0.25) is 9.59 Å². The van der Waals surface area contributed by atoms with Gasteiger partial charge in [-0.15, -0.1) is 0 Å². The lowest BCUT2D eigenvalue weighted by Crippen LogP contribution is -2.51. The molecule has 0 bridgehead atoms. The van der Waals surface area contributed by atoms with Gasteiger partial charge in [-0.1, -0.05) is 0 Å². The maximum Gasteiger partial charge on any atom is 0.253 e. The summed E-state index contributed by atoms with van der Waals surface area (Å²) in [7, 11) is 1.64. The van der Waals surface area contributed by atoms with E-state index in [1.165, 1.54) is 0 Å². The van der Waals surface area contributed by atoms with Crippen LogP contribution in [0.25, 0.3) is 0 Å². The zero-order valence-electron chi connectivity index (χ0n) is 11.8. The lowest BCUT2D eigenvalue weighted by atomic mass is 10.1. The fraction of sp³-hybridized carbons (Fsp3) is 0.333. The van der Waals surface area contributed by atoms with Crippen molar-refractivity contribution in [1.82, 2.24) is 0 Å². The molecule has 2 N–H and O–H groups in total. The number of hydrogen-bond acceptors (Lipinski definition) is 6. The molecule has 1 fully saturated rings. The monoisotopic (exact) mass is 287 g/mol. The second kappa shape index (κ2) is 5.12. The highest BCUT2D eigenvalue weighted by atomic mass is 16.5. The molecule has 2 aromatic rings. The number of anilines is 3. The third-order valence-electron chi connectivity index (χ3n) is 3.95. The van der Waals surface area contributed by atoms with Gasteiger partial charge >= 0.3 is 0 Å². The van der Waals surface area contributed by atoms with Crippen molar-refractivity contribution in [2.75, 3.05) is 48.8 Å². The topological polar surface area (TPSA) is 75.9 Å². The average molecular weight is 287 g/mol. The van der Waals surface area contributed by atoms with Crippen LogP contribution in [0.15, 0.2) is 33.9 Å². The zero-order chi connectivity index (χ0) is 15.0. The second-order valence-corrected chi connectivity index (χ2v) is 5.09. The second-order valence-electron chi connectivity index (χ2n) is 5.09. The summed E-state index contributed by atoms with van der Waals surface area (Å²) in [5.74, 6) is 0.828. The predicted molar refractivity (Wildman–Crippen MR) is 83.2 cm³/mol. The summed E-state index contributed by atoms with van der Waals surface area (Å²) in [6.45, 7) is 2.93. The van der Waals surface area contributed by atoms with Crippen LogP contribution < -0.4 is 31.1 Å². The largest absolute Gasteiger partial charge is 0.497 e. The Balaban J connectivity index is 1.67. The molecule has 0 aromatic heterocycles.